The number of hydrogen-bond donors (Lipinski definition) is 1. The van der Waals surface area contributed by atoms with E-state index in [1.54, 1.807) is 41.6 Å². The summed E-state index contributed by atoms with van der Waals surface area (Å²) in [6.45, 7) is 1.01. The maximum absolute atomic E-state index is 12.2. The zero-order valence-corrected chi connectivity index (χ0v) is 15.0. The van der Waals surface area contributed by atoms with Crippen LogP contribution < -0.4 is 10.1 Å². The van der Waals surface area contributed by atoms with Crippen molar-refractivity contribution in [2.45, 2.75) is 12.5 Å². The van der Waals surface area contributed by atoms with E-state index in [0.29, 0.717) is 31.1 Å². The number of likely N-dealkylation sites (tertiary alicyclic amines) is 1. The van der Waals surface area contributed by atoms with Crippen LogP contribution in [0.1, 0.15) is 16.8 Å². The van der Waals surface area contributed by atoms with E-state index >= 15 is 0 Å². The monoisotopic (exact) mass is 404 g/mol. The van der Waals surface area contributed by atoms with Crippen LogP contribution >= 0.6 is 15.9 Å². The minimum absolute atomic E-state index is 0.0325. The van der Waals surface area contributed by atoms with Crippen LogP contribution in [-0.2, 0) is 4.79 Å². The number of nitrogens with zero attached hydrogens (tertiary/aromatic N) is 3. The van der Waals surface area contributed by atoms with Crippen LogP contribution in [0, 0.1) is 0 Å². The van der Waals surface area contributed by atoms with Gasteiger partial charge in [-0.25, -0.2) is 9.97 Å². The van der Waals surface area contributed by atoms with E-state index in [4.69, 9.17) is 4.74 Å². The Morgan fingerprint density at radius 2 is 1.96 bits per heavy atom. The zero-order chi connectivity index (χ0) is 17.6. The number of carbonyl (C=O) groups is 2. The molecule has 1 aliphatic rings. The van der Waals surface area contributed by atoms with Crippen molar-refractivity contribution in [1.82, 2.24) is 20.2 Å². The summed E-state index contributed by atoms with van der Waals surface area (Å²) in [5, 5.41) is 2.65. The Labute approximate surface area is 153 Å². The molecule has 25 heavy (non-hydrogen) atoms. The molecule has 0 spiro atoms. The molecule has 1 aromatic heterocycles. The second kappa shape index (κ2) is 8.06. The SMILES string of the molecule is O=C(NCC(=O)N1CC[C@H](Oc2ncc(Br)cn2)C1)c1ccccc1. The van der Waals surface area contributed by atoms with Gasteiger partial charge in [0.15, 0.2) is 0 Å². The average molecular weight is 405 g/mol. The average Bonchev–Trinajstić information content (AvgIpc) is 3.10. The quantitative estimate of drug-likeness (QED) is 0.818. The van der Waals surface area contributed by atoms with Crippen LogP contribution in [0.4, 0.5) is 0 Å². The third-order valence-electron chi connectivity index (χ3n) is 3.80. The van der Waals surface area contributed by atoms with E-state index in [2.05, 4.69) is 31.2 Å². The lowest BCUT2D eigenvalue weighted by Gasteiger charge is -2.17. The van der Waals surface area contributed by atoms with Gasteiger partial charge in [0.1, 0.15) is 6.10 Å². The van der Waals surface area contributed by atoms with Gasteiger partial charge in [-0.2, -0.15) is 0 Å². The van der Waals surface area contributed by atoms with Crippen molar-refractivity contribution in [3.8, 4) is 6.01 Å². The van der Waals surface area contributed by atoms with Gasteiger partial charge in [0, 0.05) is 30.9 Å². The topological polar surface area (TPSA) is 84.4 Å². The molecule has 1 aromatic carbocycles. The molecule has 3 rings (SSSR count). The first-order valence-electron chi connectivity index (χ1n) is 7.87. The van der Waals surface area contributed by atoms with E-state index in [1.165, 1.54) is 0 Å². The van der Waals surface area contributed by atoms with E-state index in [9.17, 15) is 9.59 Å². The number of carbonyl (C=O) groups excluding carboxylic acids is 2. The molecule has 1 fully saturated rings. The Kier molecular flexibility index (Phi) is 5.60. The molecule has 2 aromatic rings. The summed E-state index contributed by atoms with van der Waals surface area (Å²) in [7, 11) is 0. The first kappa shape index (κ1) is 17.3. The Morgan fingerprint density at radius 1 is 1.24 bits per heavy atom. The molecule has 0 unspecified atom stereocenters. The van der Waals surface area contributed by atoms with Crippen LogP contribution in [-0.4, -0.2) is 52.4 Å². The lowest BCUT2D eigenvalue weighted by atomic mass is 10.2. The van der Waals surface area contributed by atoms with Gasteiger partial charge in [0.25, 0.3) is 5.91 Å². The molecule has 7 nitrogen and oxygen atoms in total. The van der Waals surface area contributed by atoms with Crippen molar-refractivity contribution in [2.75, 3.05) is 19.6 Å². The number of benzene rings is 1. The molecule has 0 aliphatic carbocycles. The number of aromatic nitrogens is 2. The van der Waals surface area contributed by atoms with E-state index < -0.39 is 0 Å². The van der Waals surface area contributed by atoms with Crippen LogP contribution in [0.5, 0.6) is 6.01 Å². The summed E-state index contributed by atoms with van der Waals surface area (Å²) in [5.74, 6) is -0.392. The molecule has 1 aliphatic heterocycles. The molecule has 2 amide bonds. The van der Waals surface area contributed by atoms with Crippen molar-refractivity contribution < 1.29 is 14.3 Å². The maximum Gasteiger partial charge on any atom is 0.316 e. The molecule has 1 saturated heterocycles. The van der Waals surface area contributed by atoms with Gasteiger partial charge in [0.2, 0.25) is 5.91 Å². The highest BCUT2D eigenvalue weighted by Crippen LogP contribution is 2.16. The molecule has 130 valence electrons. The Balaban J connectivity index is 1.46. The molecular weight excluding hydrogens is 388 g/mol. The Hall–Kier alpha value is -2.48. The smallest absolute Gasteiger partial charge is 0.316 e. The minimum atomic E-state index is -0.260. The zero-order valence-electron chi connectivity index (χ0n) is 13.4. The Bertz CT molecular complexity index is 739. The summed E-state index contributed by atoms with van der Waals surface area (Å²) in [6, 6.07) is 9.10. The number of rotatable bonds is 5. The normalized spacial score (nSPS) is 16.5. The predicted octanol–water partition coefficient (Wildman–Crippen LogP) is 1.65. The second-order valence-electron chi connectivity index (χ2n) is 5.60. The van der Waals surface area contributed by atoms with Crippen LogP contribution in [0.2, 0.25) is 0 Å². The van der Waals surface area contributed by atoms with Crippen molar-refractivity contribution in [3.05, 3.63) is 52.8 Å². The molecule has 0 bridgehead atoms. The molecule has 1 N–H and O–H groups in total. The highest BCUT2D eigenvalue weighted by atomic mass is 79.9. The molecule has 8 heteroatoms. The third-order valence-corrected chi connectivity index (χ3v) is 4.21. The van der Waals surface area contributed by atoms with Gasteiger partial charge < -0.3 is 15.0 Å². The van der Waals surface area contributed by atoms with Crippen LogP contribution in [0.3, 0.4) is 0 Å². The van der Waals surface area contributed by atoms with Gasteiger partial charge in [-0.1, -0.05) is 18.2 Å². The van der Waals surface area contributed by atoms with Crippen molar-refractivity contribution in [2.24, 2.45) is 0 Å². The summed E-state index contributed by atoms with van der Waals surface area (Å²) in [5.41, 5.74) is 0.533. The fourth-order valence-electron chi connectivity index (χ4n) is 2.52. The highest BCUT2D eigenvalue weighted by molar-refractivity contribution is 9.10. The van der Waals surface area contributed by atoms with Gasteiger partial charge >= 0.3 is 6.01 Å². The standard InChI is InChI=1S/C17H17BrN4O3/c18-13-8-20-17(21-9-13)25-14-6-7-22(11-14)15(23)10-19-16(24)12-4-2-1-3-5-12/h1-5,8-9,14H,6-7,10-11H2,(H,19,24)/t14-/m0/s1. The van der Waals surface area contributed by atoms with Crippen molar-refractivity contribution in [3.63, 3.8) is 0 Å². The van der Waals surface area contributed by atoms with Gasteiger partial charge in [-0.15, -0.1) is 0 Å². The maximum atomic E-state index is 12.2. The van der Waals surface area contributed by atoms with Gasteiger partial charge in [0.05, 0.1) is 17.6 Å². The molecule has 1 atom stereocenters. The number of ether oxygens (including phenoxy) is 1. The molecule has 0 saturated carbocycles. The Morgan fingerprint density at radius 3 is 2.68 bits per heavy atom. The number of amides is 2. The summed E-state index contributed by atoms with van der Waals surface area (Å²) < 4.78 is 6.46. The first-order valence-corrected chi connectivity index (χ1v) is 8.66. The second-order valence-corrected chi connectivity index (χ2v) is 6.52. The summed E-state index contributed by atoms with van der Waals surface area (Å²) in [4.78, 5) is 34.0. The van der Waals surface area contributed by atoms with E-state index in [-0.39, 0.29) is 24.5 Å². The predicted molar refractivity (Wildman–Crippen MR) is 94.1 cm³/mol. The fraction of sp³-hybridized carbons (Fsp3) is 0.294. The van der Waals surface area contributed by atoms with Gasteiger partial charge in [-0.3, -0.25) is 9.59 Å². The fourth-order valence-corrected chi connectivity index (χ4v) is 2.73. The lowest BCUT2D eigenvalue weighted by molar-refractivity contribution is -0.129. The van der Waals surface area contributed by atoms with Gasteiger partial charge in [-0.05, 0) is 28.1 Å². The van der Waals surface area contributed by atoms with E-state index in [1.807, 2.05) is 6.07 Å². The molecular formula is C17H17BrN4O3. The number of nitrogens with one attached hydrogen (secondary N) is 1. The van der Waals surface area contributed by atoms with Crippen molar-refractivity contribution >= 4 is 27.7 Å². The lowest BCUT2D eigenvalue weighted by Crippen LogP contribution is -2.39. The third kappa shape index (κ3) is 4.76. The summed E-state index contributed by atoms with van der Waals surface area (Å²) in [6.07, 6.45) is 3.78. The summed E-state index contributed by atoms with van der Waals surface area (Å²) >= 11 is 3.26. The highest BCUT2D eigenvalue weighted by Gasteiger charge is 2.28. The minimum Gasteiger partial charge on any atom is -0.458 e. The molecule has 0 radical (unpaired) electrons. The van der Waals surface area contributed by atoms with E-state index in [0.717, 1.165) is 4.47 Å². The van der Waals surface area contributed by atoms with Crippen LogP contribution in [0.25, 0.3) is 0 Å². The van der Waals surface area contributed by atoms with Crippen LogP contribution in [0.15, 0.2) is 47.2 Å². The largest absolute Gasteiger partial charge is 0.458 e. The van der Waals surface area contributed by atoms with Crippen molar-refractivity contribution in [1.29, 1.82) is 0 Å². The number of hydrogen-bond acceptors (Lipinski definition) is 5. The number of halogens is 1. The first-order chi connectivity index (χ1) is 12.1. The molecule has 2 heterocycles.